The third-order valence-corrected chi connectivity index (χ3v) is 6.09. The van der Waals surface area contributed by atoms with Crippen molar-refractivity contribution in [2.24, 2.45) is 0 Å². The first-order valence-electron chi connectivity index (χ1n) is 6.20. The van der Waals surface area contributed by atoms with Crippen LogP contribution in [0.3, 0.4) is 0 Å². The van der Waals surface area contributed by atoms with Crippen molar-refractivity contribution < 1.29 is 19.1 Å². The normalized spacial score (nSPS) is 10.0. The van der Waals surface area contributed by atoms with Crippen LogP contribution in [0.2, 0.25) is 0 Å². The van der Waals surface area contributed by atoms with Crippen LogP contribution in [-0.2, 0) is 9.47 Å². The quantitative estimate of drug-likeness (QED) is 0.568. The van der Waals surface area contributed by atoms with Crippen molar-refractivity contribution in [2.45, 2.75) is 0 Å². The van der Waals surface area contributed by atoms with E-state index in [1.165, 1.54) is 14.2 Å². The molecule has 21 heavy (non-hydrogen) atoms. The van der Waals surface area contributed by atoms with E-state index in [4.69, 9.17) is 9.47 Å². The van der Waals surface area contributed by atoms with Crippen LogP contribution in [0.1, 0.15) is 20.7 Å². The molecule has 0 spiro atoms. The number of carbonyl (C=O) groups is 2. The molecule has 5 heteroatoms. The van der Waals surface area contributed by atoms with Crippen LogP contribution in [0, 0.1) is 0 Å². The van der Waals surface area contributed by atoms with E-state index in [1.807, 2.05) is 24.3 Å². The second kappa shape index (κ2) is 7.26. The number of methoxy groups -OCH3 is 2. The Morgan fingerprint density at radius 3 is 1.52 bits per heavy atom. The Bertz CT molecular complexity index is 609. The second-order valence-corrected chi connectivity index (χ2v) is 7.17. The van der Waals surface area contributed by atoms with Crippen molar-refractivity contribution in [3.8, 4) is 0 Å². The average molecular weight is 398 g/mol. The zero-order chi connectivity index (χ0) is 15.2. The summed E-state index contributed by atoms with van der Waals surface area (Å²) in [5, 5.41) is 0. The summed E-state index contributed by atoms with van der Waals surface area (Å²) in [7, 11) is 2.73. The van der Waals surface area contributed by atoms with E-state index >= 15 is 0 Å². The van der Waals surface area contributed by atoms with Gasteiger partial charge in [-0.05, 0) is 0 Å². The van der Waals surface area contributed by atoms with Crippen LogP contribution < -0.4 is 7.22 Å². The van der Waals surface area contributed by atoms with Crippen LogP contribution >= 0.6 is 0 Å². The van der Waals surface area contributed by atoms with Gasteiger partial charge in [-0.3, -0.25) is 0 Å². The van der Waals surface area contributed by atoms with Crippen LogP contribution in [0.4, 0.5) is 0 Å². The third-order valence-electron chi connectivity index (χ3n) is 2.80. The molecule has 0 heterocycles. The fourth-order valence-corrected chi connectivity index (χ4v) is 4.79. The molecule has 0 N–H and O–H groups in total. The molecule has 0 aromatic heterocycles. The summed E-state index contributed by atoms with van der Waals surface area (Å²) in [5.41, 5.74) is 1.11. The Balaban J connectivity index is 2.40. The number of rotatable bonds is 4. The number of benzene rings is 2. The summed E-state index contributed by atoms with van der Waals surface area (Å²) < 4.78 is 11.5. The van der Waals surface area contributed by atoms with Crippen LogP contribution in [0.5, 0.6) is 0 Å². The Morgan fingerprint density at radius 2 is 1.14 bits per heavy atom. The van der Waals surface area contributed by atoms with Crippen molar-refractivity contribution in [2.75, 3.05) is 14.2 Å². The number of ether oxygens (including phenoxy) is 2. The fraction of sp³-hybridized carbons (Fsp3) is 0.125. The molecule has 0 saturated heterocycles. The van der Waals surface area contributed by atoms with Gasteiger partial charge in [0.2, 0.25) is 0 Å². The van der Waals surface area contributed by atoms with Crippen molar-refractivity contribution in [1.29, 1.82) is 0 Å². The molecule has 0 aliphatic heterocycles. The van der Waals surface area contributed by atoms with Gasteiger partial charge in [-0.2, -0.15) is 0 Å². The van der Waals surface area contributed by atoms with Gasteiger partial charge in [0.05, 0.1) is 0 Å². The second-order valence-electron chi connectivity index (χ2n) is 4.08. The molecule has 0 radical (unpaired) electrons. The van der Waals surface area contributed by atoms with E-state index in [0.717, 1.165) is 7.22 Å². The molecule has 0 aliphatic carbocycles. The zero-order valence-electron chi connectivity index (χ0n) is 11.7. The average Bonchev–Trinajstić information content (AvgIpc) is 2.54. The Hall–Kier alpha value is -1.83. The molecule has 2 aromatic rings. The minimum absolute atomic E-state index is 0.355. The molecule has 0 aliphatic rings. The van der Waals surface area contributed by atoms with Gasteiger partial charge in [-0.15, -0.1) is 0 Å². The standard InChI is InChI=1S/C16H14O4Te/c1-19-15(17)11-7-3-5-9-13(11)21-14-10-6-4-8-12(14)16(18)20-2/h3-10H,1-2H3. The van der Waals surface area contributed by atoms with Crippen LogP contribution in [0.15, 0.2) is 48.5 Å². The summed E-state index contributed by atoms with van der Waals surface area (Å²) in [6, 6.07) is 14.7. The minimum atomic E-state index is -0.905. The van der Waals surface area contributed by atoms with Gasteiger partial charge in [-0.1, -0.05) is 0 Å². The van der Waals surface area contributed by atoms with Gasteiger partial charge >= 0.3 is 133 Å². The molecule has 2 rings (SSSR count). The molecule has 108 valence electrons. The van der Waals surface area contributed by atoms with Crippen LogP contribution in [0.25, 0.3) is 0 Å². The third kappa shape index (κ3) is 3.63. The maximum absolute atomic E-state index is 11.8. The van der Waals surface area contributed by atoms with E-state index in [0.29, 0.717) is 11.1 Å². The predicted octanol–water partition coefficient (Wildman–Crippen LogP) is 0.915. The SMILES string of the molecule is COC(=O)c1ccccc1[Te]c1ccccc1C(=O)OC. The summed E-state index contributed by atoms with van der Waals surface area (Å²) in [5.74, 6) is -0.711. The van der Waals surface area contributed by atoms with E-state index in [9.17, 15) is 9.59 Å². The maximum atomic E-state index is 11.8. The first-order valence-corrected chi connectivity index (χ1v) is 8.53. The van der Waals surface area contributed by atoms with E-state index in [2.05, 4.69) is 0 Å². The molecule has 0 unspecified atom stereocenters. The molecule has 0 bridgehead atoms. The molecule has 0 amide bonds. The summed E-state index contributed by atoms with van der Waals surface area (Å²) in [6.07, 6.45) is 0. The number of hydrogen-bond donors (Lipinski definition) is 0. The van der Waals surface area contributed by atoms with Crippen molar-refractivity contribution >= 4 is 40.1 Å². The zero-order valence-corrected chi connectivity index (χ0v) is 14.0. The molecule has 4 nitrogen and oxygen atoms in total. The Kier molecular flexibility index (Phi) is 5.38. The van der Waals surface area contributed by atoms with E-state index in [-0.39, 0.29) is 11.9 Å². The first kappa shape index (κ1) is 15.6. The topological polar surface area (TPSA) is 52.6 Å². The fourth-order valence-electron chi connectivity index (χ4n) is 1.79. The Morgan fingerprint density at radius 1 is 0.762 bits per heavy atom. The van der Waals surface area contributed by atoms with Gasteiger partial charge in [-0.25, -0.2) is 0 Å². The van der Waals surface area contributed by atoms with Gasteiger partial charge < -0.3 is 0 Å². The van der Waals surface area contributed by atoms with Crippen molar-refractivity contribution in [3.05, 3.63) is 59.7 Å². The summed E-state index contributed by atoms with van der Waals surface area (Å²) >= 11 is -0.905. The number of hydrogen-bond acceptors (Lipinski definition) is 4. The van der Waals surface area contributed by atoms with Gasteiger partial charge in [0.1, 0.15) is 0 Å². The summed E-state index contributed by atoms with van der Waals surface area (Å²) in [4.78, 5) is 23.6. The Labute approximate surface area is 133 Å². The van der Waals surface area contributed by atoms with Gasteiger partial charge in [0.15, 0.2) is 0 Å². The predicted molar refractivity (Wildman–Crippen MR) is 80.6 cm³/mol. The molecule has 0 fully saturated rings. The summed E-state index contributed by atoms with van der Waals surface area (Å²) in [6.45, 7) is 0. The van der Waals surface area contributed by atoms with Gasteiger partial charge in [0, 0.05) is 0 Å². The first-order chi connectivity index (χ1) is 10.2. The molecule has 2 aromatic carbocycles. The number of esters is 2. The monoisotopic (exact) mass is 400 g/mol. The molecule has 0 atom stereocenters. The van der Waals surface area contributed by atoms with E-state index < -0.39 is 20.9 Å². The molecule has 0 saturated carbocycles. The van der Waals surface area contributed by atoms with Crippen molar-refractivity contribution in [3.63, 3.8) is 0 Å². The van der Waals surface area contributed by atoms with E-state index in [1.54, 1.807) is 24.3 Å². The van der Waals surface area contributed by atoms with Crippen LogP contribution in [-0.4, -0.2) is 47.1 Å². The molecular weight excluding hydrogens is 384 g/mol. The van der Waals surface area contributed by atoms with Crippen molar-refractivity contribution in [1.82, 2.24) is 0 Å². The molecular formula is C16H14O4Te. The van der Waals surface area contributed by atoms with Gasteiger partial charge in [0.25, 0.3) is 0 Å². The number of carbonyl (C=O) groups excluding carboxylic acids is 2.